The summed E-state index contributed by atoms with van der Waals surface area (Å²) in [5, 5.41) is 9.81. The van der Waals surface area contributed by atoms with E-state index in [1.165, 1.54) is 24.0 Å². The van der Waals surface area contributed by atoms with Crippen molar-refractivity contribution in [3.05, 3.63) is 48.2 Å². The number of hydrogen-bond donors (Lipinski definition) is 1. The number of hydrogen-bond acceptors (Lipinski definition) is 3. The molecule has 0 amide bonds. The SMILES string of the molecule is CN(Cc1ccccc1-c1ccco1)C1C[C@H]2CC(O)C[C@H]2C1. The van der Waals surface area contributed by atoms with Crippen LogP contribution in [0.5, 0.6) is 0 Å². The zero-order valence-corrected chi connectivity index (χ0v) is 13.7. The first-order chi connectivity index (χ1) is 11.2. The lowest BCUT2D eigenvalue weighted by Crippen LogP contribution is -2.30. The summed E-state index contributed by atoms with van der Waals surface area (Å²) in [4.78, 5) is 2.49. The van der Waals surface area contributed by atoms with E-state index in [2.05, 4.69) is 36.2 Å². The van der Waals surface area contributed by atoms with Crippen molar-refractivity contribution in [2.75, 3.05) is 7.05 Å². The normalized spacial score (nSPS) is 30.0. The van der Waals surface area contributed by atoms with Crippen LogP contribution in [0.4, 0.5) is 0 Å². The molecule has 3 nitrogen and oxygen atoms in total. The molecule has 0 bridgehead atoms. The van der Waals surface area contributed by atoms with Gasteiger partial charge in [0, 0.05) is 18.2 Å². The van der Waals surface area contributed by atoms with Crippen LogP contribution in [-0.4, -0.2) is 29.2 Å². The third-order valence-electron chi connectivity index (χ3n) is 5.81. The Bertz CT molecular complexity index is 637. The lowest BCUT2D eigenvalue weighted by Gasteiger charge is -2.26. The smallest absolute Gasteiger partial charge is 0.134 e. The molecule has 23 heavy (non-hydrogen) atoms. The summed E-state index contributed by atoms with van der Waals surface area (Å²) in [5.41, 5.74) is 2.51. The van der Waals surface area contributed by atoms with Gasteiger partial charge in [-0.25, -0.2) is 0 Å². The summed E-state index contributed by atoms with van der Waals surface area (Å²) >= 11 is 0. The number of nitrogens with zero attached hydrogens (tertiary/aromatic N) is 1. The van der Waals surface area contributed by atoms with Crippen LogP contribution in [-0.2, 0) is 6.54 Å². The summed E-state index contributed by atoms with van der Waals surface area (Å²) in [6.07, 6.45) is 6.19. The summed E-state index contributed by atoms with van der Waals surface area (Å²) in [5.74, 6) is 2.41. The summed E-state index contributed by atoms with van der Waals surface area (Å²) in [7, 11) is 2.24. The highest BCUT2D eigenvalue weighted by Crippen LogP contribution is 2.45. The van der Waals surface area contributed by atoms with Gasteiger partial charge >= 0.3 is 0 Å². The van der Waals surface area contributed by atoms with Gasteiger partial charge in [-0.05, 0) is 62.3 Å². The predicted molar refractivity (Wildman–Crippen MR) is 90.9 cm³/mol. The molecule has 0 spiro atoms. The minimum atomic E-state index is -0.0454. The van der Waals surface area contributed by atoms with Crippen LogP contribution in [0.25, 0.3) is 11.3 Å². The Kier molecular flexibility index (Phi) is 4.00. The number of benzene rings is 1. The van der Waals surface area contributed by atoms with E-state index < -0.39 is 0 Å². The first-order valence-corrected chi connectivity index (χ1v) is 8.71. The second-order valence-electron chi connectivity index (χ2n) is 7.32. The van der Waals surface area contributed by atoms with E-state index >= 15 is 0 Å². The molecular weight excluding hydrogens is 286 g/mol. The summed E-state index contributed by atoms with van der Waals surface area (Å²) in [6, 6.07) is 13.1. The molecule has 4 atom stereocenters. The molecule has 1 aromatic heterocycles. The number of fused-ring (bicyclic) bond motifs is 1. The Morgan fingerprint density at radius 1 is 1.04 bits per heavy atom. The second kappa shape index (κ2) is 6.14. The van der Waals surface area contributed by atoms with Gasteiger partial charge in [0.1, 0.15) is 5.76 Å². The number of furan rings is 1. The van der Waals surface area contributed by atoms with E-state index in [0.29, 0.717) is 6.04 Å². The highest BCUT2D eigenvalue weighted by atomic mass is 16.3. The van der Waals surface area contributed by atoms with Crippen LogP contribution in [0.1, 0.15) is 31.2 Å². The monoisotopic (exact) mass is 311 g/mol. The maximum absolute atomic E-state index is 9.81. The Balaban J connectivity index is 1.47. The molecule has 1 N–H and O–H groups in total. The molecule has 1 heterocycles. The molecule has 2 unspecified atom stereocenters. The quantitative estimate of drug-likeness (QED) is 0.929. The van der Waals surface area contributed by atoms with Crippen molar-refractivity contribution >= 4 is 0 Å². The molecule has 0 saturated heterocycles. The maximum atomic E-state index is 9.81. The lowest BCUT2D eigenvalue weighted by molar-refractivity contribution is 0.158. The third-order valence-corrected chi connectivity index (χ3v) is 5.81. The molecular formula is C20H25NO2. The second-order valence-corrected chi connectivity index (χ2v) is 7.32. The van der Waals surface area contributed by atoms with Gasteiger partial charge in [0.2, 0.25) is 0 Å². The topological polar surface area (TPSA) is 36.6 Å². The Morgan fingerprint density at radius 2 is 1.78 bits per heavy atom. The Labute approximate surface area is 137 Å². The van der Waals surface area contributed by atoms with E-state index in [1.54, 1.807) is 6.26 Å². The van der Waals surface area contributed by atoms with Gasteiger partial charge in [-0.15, -0.1) is 0 Å². The van der Waals surface area contributed by atoms with Gasteiger partial charge in [-0.1, -0.05) is 24.3 Å². The minimum Gasteiger partial charge on any atom is -0.464 e. The molecule has 2 saturated carbocycles. The van der Waals surface area contributed by atoms with Gasteiger partial charge in [-0.3, -0.25) is 4.90 Å². The highest BCUT2D eigenvalue weighted by Gasteiger charge is 2.42. The van der Waals surface area contributed by atoms with Gasteiger partial charge in [0.15, 0.2) is 0 Å². The first-order valence-electron chi connectivity index (χ1n) is 8.71. The fraction of sp³-hybridized carbons (Fsp3) is 0.500. The van der Waals surface area contributed by atoms with Crippen molar-refractivity contribution in [3.8, 4) is 11.3 Å². The molecule has 122 valence electrons. The molecule has 2 aliphatic rings. The largest absolute Gasteiger partial charge is 0.464 e. The van der Waals surface area contributed by atoms with E-state index in [9.17, 15) is 5.11 Å². The average molecular weight is 311 g/mol. The fourth-order valence-corrected chi connectivity index (χ4v) is 4.64. The maximum Gasteiger partial charge on any atom is 0.134 e. The standard InChI is InChI=1S/C20H25NO2/c1-21(17-9-15-11-18(22)12-16(15)10-17)13-14-5-2-3-6-19(14)20-7-4-8-23-20/h2-8,15-18,22H,9-13H2,1H3/t15-,16+,17?,18?. The van der Waals surface area contributed by atoms with Crippen molar-refractivity contribution in [2.24, 2.45) is 11.8 Å². The predicted octanol–water partition coefficient (Wildman–Crippen LogP) is 3.93. The highest BCUT2D eigenvalue weighted by molar-refractivity contribution is 5.61. The fourth-order valence-electron chi connectivity index (χ4n) is 4.64. The van der Waals surface area contributed by atoms with Crippen LogP contribution in [0, 0.1) is 11.8 Å². The van der Waals surface area contributed by atoms with Crippen LogP contribution >= 0.6 is 0 Å². The van der Waals surface area contributed by atoms with E-state index in [4.69, 9.17) is 4.42 Å². The summed E-state index contributed by atoms with van der Waals surface area (Å²) in [6.45, 7) is 0.948. The summed E-state index contributed by atoms with van der Waals surface area (Å²) < 4.78 is 5.59. The Morgan fingerprint density at radius 3 is 2.48 bits per heavy atom. The first kappa shape index (κ1) is 15.0. The average Bonchev–Trinajstić information content (AvgIpc) is 3.23. The number of aliphatic hydroxyl groups excluding tert-OH is 1. The lowest BCUT2D eigenvalue weighted by atomic mass is 10.0. The van der Waals surface area contributed by atoms with Gasteiger partial charge in [0.25, 0.3) is 0 Å². The van der Waals surface area contributed by atoms with E-state index in [0.717, 1.165) is 37.0 Å². The number of rotatable bonds is 4. The zero-order valence-electron chi connectivity index (χ0n) is 13.7. The van der Waals surface area contributed by atoms with Crippen molar-refractivity contribution in [2.45, 2.75) is 44.4 Å². The van der Waals surface area contributed by atoms with Crippen molar-refractivity contribution in [1.29, 1.82) is 0 Å². The molecule has 4 rings (SSSR count). The Hall–Kier alpha value is -1.58. The van der Waals surface area contributed by atoms with Gasteiger partial charge < -0.3 is 9.52 Å². The third kappa shape index (κ3) is 2.96. The molecule has 1 aromatic carbocycles. The van der Waals surface area contributed by atoms with E-state index in [1.807, 2.05) is 12.1 Å². The minimum absolute atomic E-state index is 0.0454. The van der Waals surface area contributed by atoms with Gasteiger partial charge in [-0.2, -0.15) is 0 Å². The van der Waals surface area contributed by atoms with E-state index in [-0.39, 0.29) is 6.10 Å². The van der Waals surface area contributed by atoms with Crippen LogP contribution < -0.4 is 0 Å². The van der Waals surface area contributed by atoms with Crippen LogP contribution in [0.15, 0.2) is 47.1 Å². The number of aliphatic hydroxyl groups is 1. The molecule has 2 fully saturated rings. The van der Waals surface area contributed by atoms with Crippen LogP contribution in [0.2, 0.25) is 0 Å². The molecule has 2 aliphatic carbocycles. The molecule has 2 aromatic rings. The zero-order chi connectivity index (χ0) is 15.8. The van der Waals surface area contributed by atoms with Crippen molar-refractivity contribution in [3.63, 3.8) is 0 Å². The van der Waals surface area contributed by atoms with Gasteiger partial charge in [0.05, 0.1) is 12.4 Å². The van der Waals surface area contributed by atoms with Crippen LogP contribution in [0.3, 0.4) is 0 Å². The molecule has 3 heteroatoms. The van der Waals surface area contributed by atoms with Crippen molar-refractivity contribution < 1.29 is 9.52 Å². The molecule has 0 aliphatic heterocycles. The van der Waals surface area contributed by atoms with Crippen molar-refractivity contribution in [1.82, 2.24) is 4.90 Å². The molecule has 0 radical (unpaired) electrons.